The molecule has 0 aliphatic rings. The molecule has 94 valence electrons. The summed E-state index contributed by atoms with van der Waals surface area (Å²) in [6, 6.07) is 6.86. The van der Waals surface area contributed by atoms with Crippen LogP contribution >= 0.6 is 0 Å². The number of rotatable bonds is 7. The van der Waals surface area contributed by atoms with E-state index in [1.807, 2.05) is 13.0 Å². The number of ether oxygens (including phenoxy) is 1. The van der Waals surface area contributed by atoms with Crippen LogP contribution in [-0.2, 0) is 4.74 Å². The third kappa shape index (κ3) is 5.11. The first-order valence-corrected chi connectivity index (χ1v) is 5.87. The Kier molecular flexibility index (Phi) is 6.51. The normalized spacial score (nSPS) is 11.8. The number of halogens is 1. The number of benzene rings is 1. The third-order valence-electron chi connectivity index (χ3n) is 2.55. The number of methoxy groups -OCH3 is 1. The second-order valence-electron chi connectivity index (χ2n) is 3.90. The van der Waals surface area contributed by atoms with Gasteiger partial charge >= 0.3 is 0 Å². The summed E-state index contributed by atoms with van der Waals surface area (Å²) >= 11 is 0. The maximum Gasteiger partial charge on any atom is 0.130 e. The second kappa shape index (κ2) is 7.98. The minimum Gasteiger partial charge on any atom is -0.383 e. The molecule has 1 N–H and O–H groups in total. The standard InChI is InChI=1S/C14H20FNO/c1-12(6-5-9-16-10-11-17-2)13-7-3-4-8-14(13)15/h3-4,6-8,16H,5,9-11H2,1-2H3. The van der Waals surface area contributed by atoms with E-state index in [9.17, 15) is 4.39 Å². The van der Waals surface area contributed by atoms with E-state index in [0.717, 1.165) is 31.7 Å². The molecule has 0 fully saturated rings. The van der Waals surface area contributed by atoms with E-state index in [2.05, 4.69) is 11.4 Å². The maximum absolute atomic E-state index is 13.4. The minimum absolute atomic E-state index is 0.159. The fourth-order valence-corrected chi connectivity index (χ4v) is 1.58. The van der Waals surface area contributed by atoms with E-state index in [-0.39, 0.29) is 5.82 Å². The Hall–Kier alpha value is -1.19. The first-order chi connectivity index (χ1) is 8.25. The maximum atomic E-state index is 13.4. The molecule has 0 aliphatic carbocycles. The van der Waals surface area contributed by atoms with Gasteiger partial charge in [-0.25, -0.2) is 4.39 Å². The molecule has 0 saturated heterocycles. The Labute approximate surface area is 102 Å². The molecule has 0 bridgehead atoms. The van der Waals surface area contributed by atoms with Crippen LogP contribution in [-0.4, -0.2) is 26.8 Å². The zero-order valence-corrected chi connectivity index (χ0v) is 10.5. The van der Waals surface area contributed by atoms with E-state index in [4.69, 9.17) is 4.74 Å². The van der Waals surface area contributed by atoms with Gasteiger partial charge in [-0.2, -0.15) is 0 Å². The van der Waals surface area contributed by atoms with Gasteiger partial charge in [-0.3, -0.25) is 0 Å². The van der Waals surface area contributed by atoms with Crippen molar-refractivity contribution in [2.75, 3.05) is 26.8 Å². The van der Waals surface area contributed by atoms with E-state index in [0.29, 0.717) is 5.56 Å². The molecule has 1 rings (SSSR count). The van der Waals surface area contributed by atoms with Gasteiger partial charge in [0.05, 0.1) is 6.61 Å². The number of hydrogen-bond donors (Lipinski definition) is 1. The predicted octanol–water partition coefficient (Wildman–Crippen LogP) is 2.86. The van der Waals surface area contributed by atoms with Crippen molar-refractivity contribution in [1.29, 1.82) is 0 Å². The van der Waals surface area contributed by atoms with E-state index < -0.39 is 0 Å². The summed E-state index contributed by atoms with van der Waals surface area (Å²) in [6.45, 7) is 4.39. The number of hydrogen-bond acceptors (Lipinski definition) is 2. The molecule has 1 aromatic carbocycles. The van der Waals surface area contributed by atoms with Crippen LogP contribution in [0.2, 0.25) is 0 Å². The lowest BCUT2D eigenvalue weighted by Crippen LogP contribution is -2.19. The summed E-state index contributed by atoms with van der Waals surface area (Å²) < 4.78 is 18.4. The molecule has 0 aromatic heterocycles. The molecular weight excluding hydrogens is 217 g/mol. The minimum atomic E-state index is -0.159. The van der Waals surface area contributed by atoms with Crippen molar-refractivity contribution < 1.29 is 9.13 Å². The lowest BCUT2D eigenvalue weighted by molar-refractivity contribution is 0.199. The average molecular weight is 237 g/mol. The van der Waals surface area contributed by atoms with Gasteiger partial charge in [0.15, 0.2) is 0 Å². The Morgan fingerprint density at radius 1 is 1.35 bits per heavy atom. The van der Waals surface area contributed by atoms with Crippen LogP contribution in [0.1, 0.15) is 18.9 Å². The summed E-state index contributed by atoms with van der Waals surface area (Å²) in [6.07, 6.45) is 2.95. The summed E-state index contributed by atoms with van der Waals surface area (Å²) in [4.78, 5) is 0. The molecule has 2 nitrogen and oxygen atoms in total. The van der Waals surface area contributed by atoms with Crippen molar-refractivity contribution in [2.45, 2.75) is 13.3 Å². The summed E-state index contributed by atoms with van der Waals surface area (Å²) in [5, 5.41) is 3.24. The first-order valence-electron chi connectivity index (χ1n) is 5.87. The molecule has 0 atom stereocenters. The van der Waals surface area contributed by atoms with Crippen molar-refractivity contribution >= 4 is 5.57 Å². The van der Waals surface area contributed by atoms with Crippen LogP contribution in [0, 0.1) is 5.82 Å². The summed E-state index contributed by atoms with van der Waals surface area (Å²) in [5.41, 5.74) is 1.67. The van der Waals surface area contributed by atoms with Gasteiger partial charge in [-0.05, 0) is 31.5 Å². The molecule has 0 spiro atoms. The average Bonchev–Trinajstić information content (AvgIpc) is 2.34. The van der Waals surface area contributed by atoms with Gasteiger partial charge in [-0.15, -0.1) is 0 Å². The molecule has 0 unspecified atom stereocenters. The van der Waals surface area contributed by atoms with Crippen LogP contribution < -0.4 is 5.32 Å². The zero-order valence-electron chi connectivity index (χ0n) is 10.5. The molecule has 17 heavy (non-hydrogen) atoms. The van der Waals surface area contributed by atoms with Gasteiger partial charge < -0.3 is 10.1 Å². The van der Waals surface area contributed by atoms with Crippen LogP contribution in [0.5, 0.6) is 0 Å². The highest BCUT2D eigenvalue weighted by Crippen LogP contribution is 2.17. The van der Waals surface area contributed by atoms with Crippen molar-refractivity contribution in [3.63, 3.8) is 0 Å². The number of nitrogens with one attached hydrogen (secondary N) is 1. The third-order valence-corrected chi connectivity index (χ3v) is 2.55. The lowest BCUT2D eigenvalue weighted by atomic mass is 10.1. The van der Waals surface area contributed by atoms with Crippen molar-refractivity contribution in [3.05, 3.63) is 41.7 Å². The van der Waals surface area contributed by atoms with Crippen LogP contribution in [0.4, 0.5) is 4.39 Å². The monoisotopic (exact) mass is 237 g/mol. The van der Waals surface area contributed by atoms with Gasteiger partial charge in [0.1, 0.15) is 5.82 Å². The Morgan fingerprint density at radius 2 is 2.12 bits per heavy atom. The fourth-order valence-electron chi connectivity index (χ4n) is 1.58. The Balaban J connectivity index is 2.37. The second-order valence-corrected chi connectivity index (χ2v) is 3.90. The molecule has 3 heteroatoms. The highest BCUT2D eigenvalue weighted by molar-refractivity contribution is 5.63. The number of allylic oxidation sites excluding steroid dienone is 1. The molecule has 1 aromatic rings. The van der Waals surface area contributed by atoms with E-state index in [1.54, 1.807) is 19.2 Å². The molecule has 0 radical (unpaired) electrons. The van der Waals surface area contributed by atoms with Crippen molar-refractivity contribution in [1.82, 2.24) is 5.32 Å². The Morgan fingerprint density at radius 3 is 2.82 bits per heavy atom. The SMILES string of the molecule is COCCNCCC=C(C)c1ccccc1F. The lowest BCUT2D eigenvalue weighted by Gasteiger charge is -2.04. The highest BCUT2D eigenvalue weighted by Gasteiger charge is 2.01. The van der Waals surface area contributed by atoms with Crippen molar-refractivity contribution in [3.8, 4) is 0 Å². The molecular formula is C14H20FNO. The van der Waals surface area contributed by atoms with E-state index in [1.165, 1.54) is 6.07 Å². The fraction of sp³-hybridized carbons (Fsp3) is 0.429. The van der Waals surface area contributed by atoms with Crippen LogP contribution in [0.3, 0.4) is 0 Å². The van der Waals surface area contributed by atoms with Gasteiger partial charge in [0.25, 0.3) is 0 Å². The molecule has 0 amide bonds. The van der Waals surface area contributed by atoms with Crippen LogP contribution in [0.25, 0.3) is 5.57 Å². The summed E-state index contributed by atoms with van der Waals surface area (Å²) in [5.74, 6) is -0.159. The predicted molar refractivity (Wildman–Crippen MR) is 69.4 cm³/mol. The summed E-state index contributed by atoms with van der Waals surface area (Å²) in [7, 11) is 1.68. The van der Waals surface area contributed by atoms with Gasteiger partial charge in [0.2, 0.25) is 0 Å². The molecule has 0 heterocycles. The van der Waals surface area contributed by atoms with Gasteiger partial charge in [0, 0.05) is 19.2 Å². The molecule has 0 saturated carbocycles. The van der Waals surface area contributed by atoms with E-state index >= 15 is 0 Å². The Bertz CT molecular complexity index is 363. The largest absolute Gasteiger partial charge is 0.383 e. The molecule has 0 aliphatic heterocycles. The quantitative estimate of drug-likeness (QED) is 0.736. The van der Waals surface area contributed by atoms with Crippen LogP contribution in [0.15, 0.2) is 30.3 Å². The first kappa shape index (κ1) is 13.9. The highest BCUT2D eigenvalue weighted by atomic mass is 19.1. The topological polar surface area (TPSA) is 21.3 Å². The van der Waals surface area contributed by atoms with Gasteiger partial charge in [-0.1, -0.05) is 24.3 Å². The smallest absolute Gasteiger partial charge is 0.130 e. The zero-order chi connectivity index (χ0) is 12.5. The van der Waals surface area contributed by atoms with Crippen molar-refractivity contribution in [2.24, 2.45) is 0 Å².